The Balaban J connectivity index is 0.00000200. The zero-order valence-electron chi connectivity index (χ0n) is 11.6. The maximum Gasteiger partial charge on any atom is 0.303 e. The molecule has 1 aliphatic heterocycles. The lowest BCUT2D eigenvalue weighted by Gasteiger charge is -2.18. The maximum atomic E-state index is 11.1. The summed E-state index contributed by atoms with van der Waals surface area (Å²) in [5, 5.41) is 11.9. The Morgan fingerprint density at radius 1 is 1.40 bits per heavy atom. The largest absolute Gasteiger partial charge is 1.00 e. The third-order valence-electron chi connectivity index (χ3n) is 3.41. The van der Waals surface area contributed by atoms with Crippen molar-refractivity contribution in [2.75, 3.05) is 13.7 Å². The molecule has 0 saturated carbocycles. The summed E-state index contributed by atoms with van der Waals surface area (Å²) >= 11 is 0. The van der Waals surface area contributed by atoms with Gasteiger partial charge in [0, 0.05) is 13.3 Å². The Bertz CT molecular complexity index is 437. The minimum atomic E-state index is -0.591. The number of benzene rings is 1. The highest BCUT2D eigenvalue weighted by molar-refractivity contribution is 5.66. The first-order valence-electron chi connectivity index (χ1n) is 6.41. The van der Waals surface area contributed by atoms with Crippen LogP contribution < -0.4 is 22.5 Å². The molecule has 3 atom stereocenters. The van der Waals surface area contributed by atoms with Crippen LogP contribution in [0.5, 0.6) is 5.75 Å². The second-order valence-corrected chi connectivity index (χ2v) is 4.83. The van der Waals surface area contributed by atoms with E-state index in [1.54, 1.807) is 7.11 Å². The van der Waals surface area contributed by atoms with Gasteiger partial charge in [0.25, 0.3) is 0 Å². The molecule has 0 aromatic heterocycles. The highest BCUT2D eigenvalue weighted by Crippen LogP contribution is 2.16. The second-order valence-electron chi connectivity index (χ2n) is 4.83. The third kappa shape index (κ3) is 4.10. The third-order valence-corrected chi connectivity index (χ3v) is 3.41. The van der Waals surface area contributed by atoms with Crippen LogP contribution in [0.4, 0.5) is 0 Å². The van der Waals surface area contributed by atoms with Gasteiger partial charge in [-0.25, -0.2) is 0 Å². The number of ether oxygens (including phenoxy) is 2. The minimum Gasteiger partial charge on any atom is -1.00 e. The number of esters is 1. The first-order valence-corrected chi connectivity index (χ1v) is 6.41. The number of quaternary nitrogens is 1. The van der Waals surface area contributed by atoms with Crippen molar-refractivity contribution in [3.63, 3.8) is 0 Å². The van der Waals surface area contributed by atoms with Crippen molar-refractivity contribution in [3.8, 4) is 5.75 Å². The van der Waals surface area contributed by atoms with E-state index in [4.69, 9.17) is 9.47 Å². The molecular weight excluding hydrogens is 282 g/mol. The Labute approximate surface area is 124 Å². The fourth-order valence-electron chi connectivity index (χ4n) is 2.46. The van der Waals surface area contributed by atoms with Crippen LogP contribution in [0, 0.1) is 0 Å². The van der Waals surface area contributed by atoms with Crippen LogP contribution in [-0.2, 0) is 16.0 Å². The molecule has 1 saturated heterocycles. The molecule has 0 amide bonds. The summed E-state index contributed by atoms with van der Waals surface area (Å²) in [4.78, 5) is 11.1. The van der Waals surface area contributed by atoms with Crippen molar-refractivity contribution in [2.24, 2.45) is 0 Å². The number of rotatable bonds is 4. The number of aliphatic hydroxyl groups is 1. The van der Waals surface area contributed by atoms with Crippen molar-refractivity contribution < 1.29 is 37.1 Å². The molecule has 0 bridgehead atoms. The molecule has 1 aliphatic rings. The molecule has 5 nitrogen and oxygen atoms in total. The zero-order valence-corrected chi connectivity index (χ0v) is 12.3. The SMILES string of the molecule is COc1ccc(C[C@H]2[NH2+]C[C@H](O)[C@H]2OC(C)=O)cc1.[Cl-]. The number of halogens is 1. The Morgan fingerprint density at radius 2 is 2.05 bits per heavy atom. The molecule has 6 heteroatoms. The smallest absolute Gasteiger partial charge is 0.303 e. The molecular formula is C14H20ClNO4. The summed E-state index contributed by atoms with van der Waals surface area (Å²) < 4.78 is 10.3. The Kier molecular flexibility index (Phi) is 6.26. The number of hydrogen-bond acceptors (Lipinski definition) is 4. The van der Waals surface area contributed by atoms with E-state index in [1.165, 1.54) is 6.92 Å². The van der Waals surface area contributed by atoms with Gasteiger partial charge in [-0.2, -0.15) is 0 Å². The molecule has 0 unspecified atom stereocenters. The number of methoxy groups -OCH3 is 1. The van der Waals surface area contributed by atoms with Gasteiger partial charge in [0.1, 0.15) is 24.4 Å². The van der Waals surface area contributed by atoms with Gasteiger partial charge in [-0.15, -0.1) is 0 Å². The van der Waals surface area contributed by atoms with Crippen LogP contribution in [-0.4, -0.2) is 43.0 Å². The predicted octanol–water partition coefficient (Wildman–Crippen LogP) is -3.52. The van der Waals surface area contributed by atoms with Crippen molar-refractivity contribution in [3.05, 3.63) is 29.8 Å². The molecule has 1 aromatic carbocycles. The summed E-state index contributed by atoms with van der Waals surface area (Å²) in [7, 11) is 1.63. The van der Waals surface area contributed by atoms with E-state index >= 15 is 0 Å². The summed E-state index contributed by atoms with van der Waals surface area (Å²) in [5.74, 6) is 0.467. The Hall–Kier alpha value is -1.30. The van der Waals surface area contributed by atoms with Gasteiger partial charge in [0.2, 0.25) is 0 Å². The molecule has 0 radical (unpaired) electrons. The average Bonchev–Trinajstić information content (AvgIpc) is 2.72. The lowest BCUT2D eigenvalue weighted by Crippen LogP contribution is -3.00. The first kappa shape index (κ1) is 16.8. The van der Waals surface area contributed by atoms with Gasteiger partial charge in [-0.3, -0.25) is 4.79 Å². The molecule has 20 heavy (non-hydrogen) atoms. The average molecular weight is 302 g/mol. The maximum absolute atomic E-state index is 11.1. The standard InChI is InChI=1S/C14H19NO4.ClH/c1-9(16)19-14-12(15-8-13(14)17)7-10-3-5-11(18-2)6-4-10;/h3-6,12-15,17H,7-8H2,1-2H3;1H/t12-,13+,14+;/m1./s1. The molecule has 1 fully saturated rings. The van der Waals surface area contributed by atoms with Crippen LogP contribution in [0.25, 0.3) is 0 Å². The normalized spacial score (nSPS) is 24.9. The minimum absolute atomic E-state index is 0. The summed E-state index contributed by atoms with van der Waals surface area (Å²) in [5.41, 5.74) is 1.13. The molecule has 0 aliphatic carbocycles. The lowest BCUT2D eigenvalue weighted by atomic mass is 10.0. The summed E-state index contributed by atoms with van der Waals surface area (Å²) in [6, 6.07) is 7.85. The van der Waals surface area contributed by atoms with Gasteiger partial charge in [0.05, 0.1) is 7.11 Å². The van der Waals surface area contributed by atoms with Crippen LogP contribution in [0.1, 0.15) is 12.5 Å². The first-order chi connectivity index (χ1) is 9.10. The molecule has 3 N–H and O–H groups in total. The fourth-order valence-corrected chi connectivity index (χ4v) is 2.46. The monoisotopic (exact) mass is 301 g/mol. The number of nitrogens with two attached hydrogens (primary N) is 1. The van der Waals surface area contributed by atoms with Gasteiger partial charge in [0.15, 0.2) is 6.10 Å². The second kappa shape index (κ2) is 7.47. The van der Waals surface area contributed by atoms with E-state index in [1.807, 2.05) is 29.6 Å². The van der Waals surface area contributed by atoms with Gasteiger partial charge < -0.3 is 32.3 Å². The molecule has 2 rings (SSSR count). The van der Waals surface area contributed by atoms with Crippen molar-refractivity contribution >= 4 is 5.97 Å². The predicted molar refractivity (Wildman–Crippen MR) is 68.8 cm³/mol. The van der Waals surface area contributed by atoms with Crippen molar-refractivity contribution in [1.82, 2.24) is 0 Å². The van der Waals surface area contributed by atoms with E-state index in [-0.39, 0.29) is 24.4 Å². The summed E-state index contributed by atoms with van der Waals surface area (Å²) in [6.45, 7) is 1.94. The number of carbonyl (C=O) groups excluding carboxylic acids is 1. The lowest BCUT2D eigenvalue weighted by molar-refractivity contribution is -0.674. The molecule has 1 aromatic rings. The zero-order chi connectivity index (χ0) is 13.8. The van der Waals surface area contributed by atoms with E-state index in [0.717, 1.165) is 17.7 Å². The van der Waals surface area contributed by atoms with Crippen LogP contribution in [0.15, 0.2) is 24.3 Å². The molecule has 0 spiro atoms. The van der Waals surface area contributed by atoms with Gasteiger partial charge in [-0.1, -0.05) is 12.1 Å². The van der Waals surface area contributed by atoms with Crippen LogP contribution >= 0.6 is 0 Å². The molecule has 1 heterocycles. The number of hydrogen-bond donors (Lipinski definition) is 2. The van der Waals surface area contributed by atoms with E-state index in [2.05, 4.69) is 0 Å². The van der Waals surface area contributed by atoms with Crippen molar-refractivity contribution in [2.45, 2.75) is 31.6 Å². The van der Waals surface area contributed by atoms with E-state index < -0.39 is 12.2 Å². The number of carbonyl (C=O) groups is 1. The molecule has 112 valence electrons. The van der Waals surface area contributed by atoms with Crippen LogP contribution in [0.3, 0.4) is 0 Å². The topological polar surface area (TPSA) is 72.4 Å². The highest BCUT2D eigenvalue weighted by atomic mass is 35.5. The van der Waals surface area contributed by atoms with E-state index in [9.17, 15) is 9.90 Å². The quantitative estimate of drug-likeness (QED) is 0.566. The highest BCUT2D eigenvalue weighted by Gasteiger charge is 2.41. The van der Waals surface area contributed by atoms with E-state index in [0.29, 0.717) is 6.54 Å². The summed E-state index contributed by atoms with van der Waals surface area (Å²) in [6.07, 6.45) is -0.273. The van der Waals surface area contributed by atoms with Crippen molar-refractivity contribution in [1.29, 1.82) is 0 Å². The fraction of sp³-hybridized carbons (Fsp3) is 0.500. The Morgan fingerprint density at radius 3 is 2.60 bits per heavy atom. The number of aliphatic hydroxyl groups excluding tert-OH is 1. The van der Waals surface area contributed by atoms with Gasteiger partial charge in [-0.05, 0) is 17.7 Å². The van der Waals surface area contributed by atoms with Crippen LogP contribution in [0.2, 0.25) is 0 Å². The van der Waals surface area contributed by atoms with Gasteiger partial charge >= 0.3 is 5.97 Å².